The van der Waals surface area contributed by atoms with E-state index in [2.05, 4.69) is 41.5 Å². The molecule has 1 unspecified atom stereocenters. The molecule has 2 rings (SSSR count). The van der Waals surface area contributed by atoms with Crippen LogP contribution in [0.25, 0.3) is 0 Å². The van der Waals surface area contributed by atoms with Crippen LogP contribution in [0.5, 0.6) is 0 Å². The predicted octanol–water partition coefficient (Wildman–Crippen LogP) is 1.66. The van der Waals surface area contributed by atoms with Gasteiger partial charge in [-0.1, -0.05) is 35.0 Å². The fourth-order valence-electron chi connectivity index (χ4n) is 2.03. The van der Waals surface area contributed by atoms with Crippen molar-refractivity contribution in [3.63, 3.8) is 0 Å². The number of aliphatic hydroxyl groups excluding tert-OH is 1. The van der Waals surface area contributed by atoms with E-state index in [4.69, 9.17) is 0 Å². The molecule has 1 heterocycles. The van der Waals surface area contributed by atoms with Gasteiger partial charge in [0.25, 0.3) is 0 Å². The molecule has 1 atom stereocenters. The summed E-state index contributed by atoms with van der Waals surface area (Å²) in [4.78, 5) is 0. The van der Waals surface area contributed by atoms with Gasteiger partial charge in [0.1, 0.15) is 0 Å². The number of aromatic nitrogens is 3. The Morgan fingerprint density at radius 1 is 1.39 bits per heavy atom. The van der Waals surface area contributed by atoms with Crippen LogP contribution >= 0.6 is 0 Å². The highest BCUT2D eigenvalue weighted by atomic mass is 16.3. The van der Waals surface area contributed by atoms with Gasteiger partial charge in [-0.2, -0.15) is 0 Å². The van der Waals surface area contributed by atoms with Crippen molar-refractivity contribution in [3.05, 3.63) is 47.3 Å². The summed E-state index contributed by atoms with van der Waals surface area (Å²) in [7, 11) is 1.83. The third-order valence-electron chi connectivity index (χ3n) is 2.94. The molecule has 0 saturated heterocycles. The predicted molar refractivity (Wildman–Crippen MR) is 70.2 cm³/mol. The lowest BCUT2D eigenvalue weighted by molar-refractivity contribution is 0.164. The minimum Gasteiger partial charge on any atom is -0.393 e. The second-order valence-electron chi connectivity index (χ2n) is 4.77. The molecule has 0 amide bonds. The molecular formula is C14H19N3O. The van der Waals surface area contributed by atoms with Crippen LogP contribution in [0.3, 0.4) is 0 Å². The molecule has 1 aromatic heterocycles. The van der Waals surface area contributed by atoms with Crippen molar-refractivity contribution in [3.8, 4) is 0 Å². The molecule has 0 aliphatic rings. The molecule has 0 bridgehead atoms. The summed E-state index contributed by atoms with van der Waals surface area (Å²) in [6.07, 6.45) is 3.70. The average molecular weight is 245 g/mol. The second-order valence-corrected chi connectivity index (χ2v) is 4.77. The SMILES string of the molecule is Cc1cccc(CCC(O)Cc2cn(C)nn2)c1. The molecule has 0 fully saturated rings. The van der Waals surface area contributed by atoms with Crippen LogP contribution in [-0.4, -0.2) is 26.2 Å². The van der Waals surface area contributed by atoms with E-state index in [-0.39, 0.29) is 6.10 Å². The fraction of sp³-hybridized carbons (Fsp3) is 0.429. The van der Waals surface area contributed by atoms with Crippen LogP contribution in [0.4, 0.5) is 0 Å². The molecule has 2 aromatic rings. The zero-order valence-corrected chi connectivity index (χ0v) is 10.9. The Hall–Kier alpha value is -1.68. The van der Waals surface area contributed by atoms with Crippen molar-refractivity contribution in [2.75, 3.05) is 0 Å². The van der Waals surface area contributed by atoms with Gasteiger partial charge in [-0.15, -0.1) is 5.10 Å². The van der Waals surface area contributed by atoms with Crippen LogP contribution < -0.4 is 0 Å². The minimum atomic E-state index is -0.359. The Balaban J connectivity index is 1.83. The fourth-order valence-corrected chi connectivity index (χ4v) is 2.03. The Morgan fingerprint density at radius 2 is 2.22 bits per heavy atom. The smallest absolute Gasteiger partial charge is 0.0852 e. The Labute approximate surface area is 107 Å². The van der Waals surface area contributed by atoms with Gasteiger partial charge in [-0.3, -0.25) is 4.68 Å². The summed E-state index contributed by atoms with van der Waals surface area (Å²) in [6.45, 7) is 2.08. The molecule has 0 spiro atoms. The lowest BCUT2D eigenvalue weighted by atomic mass is 10.0. The molecule has 0 aliphatic carbocycles. The first-order valence-corrected chi connectivity index (χ1v) is 6.22. The van der Waals surface area contributed by atoms with Crippen LogP contribution in [0.15, 0.2) is 30.5 Å². The third-order valence-corrected chi connectivity index (χ3v) is 2.94. The van der Waals surface area contributed by atoms with E-state index in [9.17, 15) is 5.11 Å². The second kappa shape index (κ2) is 5.78. The van der Waals surface area contributed by atoms with E-state index in [1.807, 2.05) is 13.2 Å². The molecule has 0 radical (unpaired) electrons. The first-order chi connectivity index (χ1) is 8.63. The van der Waals surface area contributed by atoms with Crippen molar-refractivity contribution in [2.24, 2.45) is 7.05 Å². The van der Waals surface area contributed by atoms with Gasteiger partial charge < -0.3 is 5.11 Å². The van der Waals surface area contributed by atoms with Gasteiger partial charge in [-0.25, -0.2) is 0 Å². The topological polar surface area (TPSA) is 50.9 Å². The Kier molecular flexibility index (Phi) is 4.10. The third kappa shape index (κ3) is 3.67. The minimum absolute atomic E-state index is 0.359. The Morgan fingerprint density at radius 3 is 2.89 bits per heavy atom. The van der Waals surface area contributed by atoms with E-state index < -0.39 is 0 Å². The number of hydrogen-bond acceptors (Lipinski definition) is 3. The largest absolute Gasteiger partial charge is 0.393 e. The number of aryl methyl sites for hydroxylation is 3. The van der Waals surface area contributed by atoms with Crippen molar-refractivity contribution >= 4 is 0 Å². The summed E-state index contributed by atoms with van der Waals surface area (Å²) in [6, 6.07) is 8.40. The molecule has 1 N–H and O–H groups in total. The highest BCUT2D eigenvalue weighted by molar-refractivity contribution is 5.22. The highest BCUT2D eigenvalue weighted by Gasteiger charge is 2.08. The van der Waals surface area contributed by atoms with Crippen molar-refractivity contribution in [1.29, 1.82) is 0 Å². The summed E-state index contributed by atoms with van der Waals surface area (Å²) < 4.78 is 1.66. The van der Waals surface area contributed by atoms with Gasteiger partial charge in [0.2, 0.25) is 0 Å². The maximum Gasteiger partial charge on any atom is 0.0852 e. The first-order valence-electron chi connectivity index (χ1n) is 6.22. The van der Waals surface area contributed by atoms with Crippen molar-refractivity contribution in [1.82, 2.24) is 15.0 Å². The quantitative estimate of drug-likeness (QED) is 0.871. The molecule has 1 aromatic carbocycles. The van der Waals surface area contributed by atoms with Crippen LogP contribution in [-0.2, 0) is 19.9 Å². The lowest BCUT2D eigenvalue weighted by Crippen LogP contribution is -2.12. The summed E-state index contributed by atoms with van der Waals surface area (Å²) in [5.41, 5.74) is 3.37. The highest BCUT2D eigenvalue weighted by Crippen LogP contribution is 2.10. The number of benzene rings is 1. The maximum atomic E-state index is 9.97. The van der Waals surface area contributed by atoms with Crippen molar-refractivity contribution < 1.29 is 5.11 Å². The van der Waals surface area contributed by atoms with E-state index in [1.54, 1.807) is 4.68 Å². The summed E-state index contributed by atoms with van der Waals surface area (Å²) in [5, 5.41) is 17.8. The zero-order valence-electron chi connectivity index (χ0n) is 10.9. The summed E-state index contributed by atoms with van der Waals surface area (Å²) in [5.74, 6) is 0. The normalized spacial score (nSPS) is 12.6. The van der Waals surface area contributed by atoms with E-state index >= 15 is 0 Å². The molecule has 18 heavy (non-hydrogen) atoms. The first kappa shape index (κ1) is 12.8. The van der Waals surface area contributed by atoms with Gasteiger partial charge in [0, 0.05) is 19.7 Å². The number of hydrogen-bond donors (Lipinski definition) is 1. The number of aliphatic hydroxyl groups is 1. The summed E-state index contributed by atoms with van der Waals surface area (Å²) >= 11 is 0. The van der Waals surface area contributed by atoms with Gasteiger partial charge >= 0.3 is 0 Å². The van der Waals surface area contributed by atoms with E-state index in [0.717, 1.165) is 18.5 Å². The van der Waals surface area contributed by atoms with E-state index in [1.165, 1.54) is 11.1 Å². The molecule has 0 aliphatic heterocycles. The lowest BCUT2D eigenvalue weighted by Gasteiger charge is -2.08. The molecule has 96 valence electrons. The van der Waals surface area contributed by atoms with E-state index in [0.29, 0.717) is 6.42 Å². The zero-order chi connectivity index (χ0) is 13.0. The standard InChI is InChI=1S/C14H19N3O/c1-11-4-3-5-12(8-11)6-7-14(18)9-13-10-17(2)16-15-13/h3-5,8,10,14,18H,6-7,9H2,1-2H3. The molecular weight excluding hydrogens is 226 g/mol. The van der Waals surface area contributed by atoms with Crippen LogP contribution in [0.1, 0.15) is 23.2 Å². The molecule has 0 saturated carbocycles. The Bertz CT molecular complexity index is 507. The number of rotatable bonds is 5. The van der Waals surface area contributed by atoms with Crippen LogP contribution in [0, 0.1) is 6.92 Å². The van der Waals surface area contributed by atoms with Gasteiger partial charge in [-0.05, 0) is 25.3 Å². The number of nitrogens with zero attached hydrogens (tertiary/aromatic N) is 3. The van der Waals surface area contributed by atoms with Crippen molar-refractivity contribution in [2.45, 2.75) is 32.3 Å². The monoisotopic (exact) mass is 245 g/mol. The maximum absolute atomic E-state index is 9.97. The van der Waals surface area contributed by atoms with Crippen LogP contribution in [0.2, 0.25) is 0 Å². The van der Waals surface area contributed by atoms with Gasteiger partial charge in [0.05, 0.1) is 11.8 Å². The molecule has 4 nitrogen and oxygen atoms in total. The molecule has 4 heteroatoms. The van der Waals surface area contributed by atoms with Gasteiger partial charge in [0.15, 0.2) is 0 Å². The average Bonchev–Trinajstić information content (AvgIpc) is 2.72.